The van der Waals surface area contributed by atoms with Gasteiger partial charge >= 0.3 is 0 Å². The van der Waals surface area contributed by atoms with E-state index in [0.29, 0.717) is 17.4 Å². The van der Waals surface area contributed by atoms with E-state index < -0.39 is 5.91 Å². The van der Waals surface area contributed by atoms with E-state index in [1.54, 1.807) is 7.11 Å². The highest BCUT2D eigenvalue weighted by Gasteiger charge is 2.22. The number of nitrogens with one attached hydrogen (secondary N) is 1. The lowest BCUT2D eigenvalue weighted by atomic mass is 9.94. The van der Waals surface area contributed by atoms with E-state index in [1.807, 2.05) is 36.4 Å². The van der Waals surface area contributed by atoms with Gasteiger partial charge in [-0.2, -0.15) is 0 Å². The number of carbonyl (C=O) groups is 1. The highest BCUT2D eigenvalue weighted by atomic mass is 16.5. The number of benzene rings is 2. The topological polar surface area (TPSA) is 93.5 Å². The number of primary amides is 1. The van der Waals surface area contributed by atoms with Crippen molar-refractivity contribution in [3.05, 3.63) is 53.9 Å². The predicted octanol–water partition coefficient (Wildman–Crippen LogP) is 2.89. The van der Waals surface area contributed by atoms with Crippen molar-refractivity contribution >= 4 is 16.9 Å². The Morgan fingerprint density at radius 1 is 1.27 bits per heavy atom. The minimum Gasteiger partial charge on any atom is -0.493 e. The van der Waals surface area contributed by atoms with Crippen LogP contribution in [0.4, 0.5) is 0 Å². The minimum atomic E-state index is -0.509. The molecule has 0 unspecified atom stereocenters. The Morgan fingerprint density at radius 2 is 2.13 bits per heavy atom. The number of ether oxygens (including phenoxy) is 2. The van der Waals surface area contributed by atoms with Crippen LogP contribution >= 0.6 is 0 Å². The van der Waals surface area contributed by atoms with E-state index in [0.717, 1.165) is 48.5 Å². The molecule has 0 aliphatic carbocycles. The van der Waals surface area contributed by atoms with Crippen molar-refractivity contribution in [1.29, 1.82) is 0 Å². The lowest BCUT2D eigenvalue weighted by Gasteiger charge is -2.32. The number of nitrogens with two attached hydrogens (primary N) is 1. The molecule has 0 radical (unpaired) electrons. The second-order valence-electron chi connectivity index (χ2n) is 7.89. The van der Waals surface area contributed by atoms with Gasteiger partial charge in [0.1, 0.15) is 5.82 Å². The highest BCUT2D eigenvalue weighted by molar-refractivity contribution is 5.75. The number of para-hydroxylation sites is 2. The van der Waals surface area contributed by atoms with Gasteiger partial charge in [0.25, 0.3) is 5.91 Å². The Balaban J connectivity index is 1.38. The van der Waals surface area contributed by atoms with Crippen LogP contribution in [0.3, 0.4) is 0 Å². The number of fused-ring (bicyclic) bond motifs is 1. The number of aromatic nitrogens is 2. The number of nitrogens with zero attached hydrogens (tertiary/aromatic N) is 2. The first kappa shape index (κ1) is 20.2. The summed E-state index contributed by atoms with van der Waals surface area (Å²) in [7, 11) is 1.60. The van der Waals surface area contributed by atoms with Gasteiger partial charge in [-0.15, -0.1) is 0 Å². The number of rotatable bonds is 8. The van der Waals surface area contributed by atoms with E-state index in [-0.39, 0.29) is 6.61 Å². The van der Waals surface area contributed by atoms with Crippen LogP contribution in [0.25, 0.3) is 11.0 Å². The molecular formula is C23H28N4O3. The van der Waals surface area contributed by atoms with Crippen LogP contribution in [0.2, 0.25) is 0 Å². The Morgan fingerprint density at radius 3 is 2.93 bits per heavy atom. The first-order valence-electron chi connectivity index (χ1n) is 10.3. The summed E-state index contributed by atoms with van der Waals surface area (Å²) in [5.74, 6) is 2.29. The number of imidazole rings is 1. The van der Waals surface area contributed by atoms with Crippen molar-refractivity contribution < 1.29 is 14.3 Å². The maximum Gasteiger partial charge on any atom is 0.255 e. The van der Waals surface area contributed by atoms with Crippen LogP contribution < -0.4 is 15.2 Å². The number of amides is 1. The molecule has 1 aromatic heterocycles. The third kappa shape index (κ3) is 4.91. The first-order chi connectivity index (χ1) is 14.6. The lowest BCUT2D eigenvalue weighted by Crippen LogP contribution is -2.35. The van der Waals surface area contributed by atoms with Gasteiger partial charge in [-0.3, -0.25) is 9.69 Å². The summed E-state index contributed by atoms with van der Waals surface area (Å²) in [4.78, 5) is 21.6. The zero-order valence-corrected chi connectivity index (χ0v) is 17.3. The summed E-state index contributed by atoms with van der Waals surface area (Å²) < 4.78 is 10.8. The van der Waals surface area contributed by atoms with Crippen LogP contribution in [-0.4, -0.2) is 47.6 Å². The summed E-state index contributed by atoms with van der Waals surface area (Å²) in [6.45, 7) is 2.81. The standard InChI is InChI=1S/C23H28N4O3/c1-29-21-11-17(8-9-20(21)30-15-22(24)28)14-27-10-4-5-16(13-27)12-23-25-18-6-2-3-7-19(18)26-23/h2-3,6-9,11,16H,4-5,10,12-15H2,1H3,(H2,24,28)(H,25,26)/t16-/m0/s1. The second kappa shape index (κ2) is 9.17. The maximum absolute atomic E-state index is 11.0. The normalized spacial score (nSPS) is 17.2. The fourth-order valence-corrected chi connectivity index (χ4v) is 4.17. The van der Waals surface area contributed by atoms with Crippen LogP contribution in [0.5, 0.6) is 11.5 Å². The summed E-state index contributed by atoms with van der Waals surface area (Å²) in [6, 6.07) is 14.0. The van der Waals surface area contributed by atoms with E-state index in [4.69, 9.17) is 20.2 Å². The summed E-state index contributed by atoms with van der Waals surface area (Å²) in [5.41, 5.74) is 8.45. The number of piperidine rings is 1. The molecule has 0 saturated carbocycles. The Bertz CT molecular complexity index is 984. The van der Waals surface area contributed by atoms with Crippen molar-refractivity contribution in [2.24, 2.45) is 11.7 Å². The molecule has 2 aromatic carbocycles. The lowest BCUT2D eigenvalue weighted by molar-refractivity contribution is -0.119. The molecule has 7 nitrogen and oxygen atoms in total. The average molecular weight is 409 g/mol. The molecule has 1 saturated heterocycles. The fraction of sp³-hybridized carbons (Fsp3) is 0.391. The van der Waals surface area contributed by atoms with E-state index >= 15 is 0 Å². The van der Waals surface area contributed by atoms with Gasteiger partial charge in [0.2, 0.25) is 0 Å². The molecule has 158 valence electrons. The molecule has 4 rings (SSSR count). The van der Waals surface area contributed by atoms with Gasteiger partial charge < -0.3 is 20.2 Å². The Kier molecular flexibility index (Phi) is 6.18. The summed E-state index contributed by atoms with van der Waals surface area (Å²) >= 11 is 0. The molecule has 1 aliphatic rings. The second-order valence-corrected chi connectivity index (χ2v) is 7.89. The van der Waals surface area contributed by atoms with E-state index in [1.165, 1.54) is 12.8 Å². The third-order valence-electron chi connectivity index (χ3n) is 5.53. The third-order valence-corrected chi connectivity index (χ3v) is 5.53. The summed E-state index contributed by atoms with van der Waals surface area (Å²) in [6.07, 6.45) is 3.37. The Labute approximate surface area is 176 Å². The smallest absolute Gasteiger partial charge is 0.255 e. The quantitative estimate of drug-likeness (QED) is 0.598. The molecule has 3 aromatic rings. The summed E-state index contributed by atoms with van der Waals surface area (Å²) in [5, 5.41) is 0. The average Bonchev–Trinajstić information content (AvgIpc) is 3.15. The monoisotopic (exact) mass is 408 g/mol. The van der Waals surface area contributed by atoms with Crippen LogP contribution in [0, 0.1) is 5.92 Å². The van der Waals surface area contributed by atoms with Crippen molar-refractivity contribution in [3.63, 3.8) is 0 Å². The van der Waals surface area contributed by atoms with Crippen molar-refractivity contribution in [2.75, 3.05) is 26.8 Å². The first-order valence-corrected chi connectivity index (χ1v) is 10.3. The van der Waals surface area contributed by atoms with Gasteiger partial charge in [0.15, 0.2) is 18.1 Å². The zero-order valence-electron chi connectivity index (χ0n) is 17.3. The van der Waals surface area contributed by atoms with Crippen molar-refractivity contribution in [1.82, 2.24) is 14.9 Å². The Hall–Kier alpha value is -3.06. The number of likely N-dealkylation sites (tertiary alicyclic amines) is 1. The maximum atomic E-state index is 11.0. The van der Waals surface area contributed by atoms with Gasteiger partial charge in [0, 0.05) is 19.5 Å². The molecule has 30 heavy (non-hydrogen) atoms. The number of hydrogen-bond donors (Lipinski definition) is 2. The molecule has 2 heterocycles. The van der Waals surface area contributed by atoms with Crippen molar-refractivity contribution in [2.45, 2.75) is 25.8 Å². The molecule has 7 heteroatoms. The minimum absolute atomic E-state index is 0.161. The fourth-order valence-electron chi connectivity index (χ4n) is 4.17. The van der Waals surface area contributed by atoms with Crippen LogP contribution in [0.15, 0.2) is 42.5 Å². The van der Waals surface area contributed by atoms with Crippen LogP contribution in [-0.2, 0) is 17.8 Å². The van der Waals surface area contributed by atoms with Gasteiger partial charge in [-0.05, 0) is 55.1 Å². The number of H-pyrrole nitrogens is 1. The van der Waals surface area contributed by atoms with E-state index in [2.05, 4.69) is 16.0 Å². The largest absolute Gasteiger partial charge is 0.493 e. The van der Waals surface area contributed by atoms with Gasteiger partial charge in [0.05, 0.1) is 18.1 Å². The van der Waals surface area contributed by atoms with Gasteiger partial charge in [-0.1, -0.05) is 18.2 Å². The molecule has 0 spiro atoms. The molecule has 1 fully saturated rings. The molecular weight excluding hydrogens is 380 g/mol. The SMILES string of the molecule is COc1cc(CN2CCC[C@@H](Cc3nc4ccccc4[nH]3)C2)ccc1OCC(N)=O. The number of hydrogen-bond acceptors (Lipinski definition) is 5. The number of methoxy groups -OCH3 is 1. The molecule has 1 amide bonds. The van der Waals surface area contributed by atoms with Crippen LogP contribution in [0.1, 0.15) is 24.2 Å². The predicted molar refractivity (Wildman–Crippen MR) is 115 cm³/mol. The van der Waals surface area contributed by atoms with Gasteiger partial charge in [-0.25, -0.2) is 4.98 Å². The molecule has 3 N–H and O–H groups in total. The number of aromatic amines is 1. The molecule has 0 bridgehead atoms. The molecule has 1 atom stereocenters. The molecule has 1 aliphatic heterocycles. The number of carbonyl (C=O) groups excluding carboxylic acids is 1. The van der Waals surface area contributed by atoms with E-state index in [9.17, 15) is 4.79 Å². The van der Waals surface area contributed by atoms with Crippen molar-refractivity contribution in [3.8, 4) is 11.5 Å². The zero-order chi connectivity index (χ0) is 20.9. The highest BCUT2D eigenvalue weighted by Crippen LogP contribution is 2.29.